The summed E-state index contributed by atoms with van der Waals surface area (Å²) in [6.07, 6.45) is 5.08. The van der Waals surface area contributed by atoms with Gasteiger partial charge in [0.25, 0.3) is 0 Å². The van der Waals surface area contributed by atoms with Crippen molar-refractivity contribution in [2.24, 2.45) is 0 Å². The summed E-state index contributed by atoms with van der Waals surface area (Å²) in [5, 5.41) is 2.35. The van der Waals surface area contributed by atoms with Crippen molar-refractivity contribution >= 4 is 33.4 Å². The number of anilines is 2. The van der Waals surface area contributed by atoms with Crippen LogP contribution in [0.5, 0.6) is 0 Å². The van der Waals surface area contributed by atoms with Crippen LogP contribution in [0.25, 0.3) is 21.8 Å². The summed E-state index contributed by atoms with van der Waals surface area (Å²) in [4.78, 5) is 14.8. The third-order valence-electron chi connectivity index (χ3n) is 5.35. The van der Waals surface area contributed by atoms with Gasteiger partial charge in [-0.2, -0.15) is 0 Å². The van der Waals surface area contributed by atoms with Gasteiger partial charge < -0.3 is 9.80 Å². The van der Waals surface area contributed by atoms with Crippen LogP contribution in [-0.4, -0.2) is 36.1 Å². The molecule has 2 aliphatic rings. The Bertz CT molecular complexity index is 818. The second-order valence-corrected chi connectivity index (χ2v) is 6.94. The fourth-order valence-corrected chi connectivity index (χ4v) is 3.99. The third-order valence-corrected chi connectivity index (χ3v) is 5.35. The zero-order valence-electron chi connectivity index (χ0n) is 13.9. The monoisotopic (exact) mass is 318 g/mol. The number of pyridine rings is 2. The lowest BCUT2D eigenvalue weighted by Crippen LogP contribution is -2.19. The fraction of sp³-hybridized carbons (Fsp3) is 0.400. The average molecular weight is 318 g/mol. The molecule has 0 unspecified atom stereocenters. The summed E-state index contributed by atoms with van der Waals surface area (Å²) >= 11 is 0. The molecule has 4 nitrogen and oxygen atoms in total. The van der Waals surface area contributed by atoms with Crippen LogP contribution >= 0.6 is 0 Å². The lowest BCUT2D eigenvalue weighted by molar-refractivity contribution is 0.941. The highest BCUT2D eigenvalue weighted by Gasteiger charge is 2.17. The molecule has 1 aromatic carbocycles. The van der Waals surface area contributed by atoms with Crippen LogP contribution in [0, 0.1) is 0 Å². The maximum atomic E-state index is 5.00. The molecule has 0 spiro atoms. The van der Waals surface area contributed by atoms with E-state index < -0.39 is 0 Å². The summed E-state index contributed by atoms with van der Waals surface area (Å²) in [6.45, 7) is 4.48. The minimum atomic E-state index is 1.04. The molecule has 4 heterocycles. The van der Waals surface area contributed by atoms with Gasteiger partial charge in [-0.05, 0) is 49.9 Å². The second-order valence-electron chi connectivity index (χ2n) is 6.94. The number of rotatable bonds is 2. The third kappa shape index (κ3) is 2.29. The highest BCUT2D eigenvalue weighted by atomic mass is 15.2. The van der Waals surface area contributed by atoms with E-state index in [4.69, 9.17) is 9.97 Å². The van der Waals surface area contributed by atoms with E-state index in [-0.39, 0.29) is 0 Å². The van der Waals surface area contributed by atoms with Crippen molar-refractivity contribution in [1.29, 1.82) is 0 Å². The summed E-state index contributed by atoms with van der Waals surface area (Å²) in [5.41, 5.74) is 2.08. The molecule has 0 radical (unpaired) electrons. The van der Waals surface area contributed by atoms with Crippen molar-refractivity contribution in [2.75, 3.05) is 36.0 Å². The van der Waals surface area contributed by atoms with Gasteiger partial charge in [0.2, 0.25) is 0 Å². The number of aromatic nitrogens is 2. The van der Waals surface area contributed by atoms with Gasteiger partial charge in [-0.1, -0.05) is 12.1 Å². The average Bonchev–Trinajstić information content (AvgIpc) is 3.34. The Morgan fingerprint density at radius 3 is 1.33 bits per heavy atom. The molecule has 0 atom stereocenters. The number of hydrogen-bond acceptors (Lipinski definition) is 4. The minimum absolute atomic E-state index is 1.04. The maximum absolute atomic E-state index is 5.00. The van der Waals surface area contributed by atoms with Gasteiger partial charge in [-0.15, -0.1) is 0 Å². The number of benzene rings is 1. The van der Waals surface area contributed by atoms with Crippen molar-refractivity contribution in [3.8, 4) is 0 Å². The standard InChI is InChI=1S/C20H22N4/c1-2-12-23(11-1)17-9-7-15-5-6-16-8-10-18(24-13-3-4-14-24)22-20(16)19(15)21-17/h5-10H,1-4,11-14H2. The Kier molecular flexibility index (Phi) is 3.28. The molecule has 3 aromatic rings. The van der Waals surface area contributed by atoms with Gasteiger partial charge in [0.1, 0.15) is 11.6 Å². The summed E-state index contributed by atoms with van der Waals surface area (Å²) in [5.74, 6) is 2.20. The Labute approximate surface area is 142 Å². The van der Waals surface area contributed by atoms with E-state index in [1.807, 2.05) is 0 Å². The van der Waals surface area contributed by atoms with E-state index in [1.54, 1.807) is 0 Å². The number of nitrogens with zero attached hydrogens (tertiary/aromatic N) is 4. The van der Waals surface area contributed by atoms with Crippen molar-refractivity contribution in [2.45, 2.75) is 25.7 Å². The Morgan fingerprint density at radius 2 is 0.917 bits per heavy atom. The van der Waals surface area contributed by atoms with Crippen LogP contribution in [0.2, 0.25) is 0 Å². The van der Waals surface area contributed by atoms with E-state index in [2.05, 4.69) is 46.2 Å². The lowest BCUT2D eigenvalue weighted by Gasteiger charge is -2.18. The van der Waals surface area contributed by atoms with Gasteiger partial charge >= 0.3 is 0 Å². The summed E-state index contributed by atoms with van der Waals surface area (Å²) in [7, 11) is 0. The van der Waals surface area contributed by atoms with Crippen LogP contribution in [0.15, 0.2) is 36.4 Å². The van der Waals surface area contributed by atoms with E-state index >= 15 is 0 Å². The molecule has 2 aliphatic heterocycles. The van der Waals surface area contributed by atoms with Gasteiger partial charge in [0, 0.05) is 37.0 Å². The molecule has 0 saturated carbocycles. The molecule has 5 rings (SSSR count). The van der Waals surface area contributed by atoms with Crippen LogP contribution in [-0.2, 0) is 0 Å². The van der Waals surface area contributed by atoms with Crippen LogP contribution in [0.1, 0.15) is 25.7 Å². The van der Waals surface area contributed by atoms with E-state index in [9.17, 15) is 0 Å². The molecule has 0 amide bonds. The predicted molar refractivity (Wildman–Crippen MR) is 99.9 cm³/mol. The molecule has 2 fully saturated rings. The molecule has 4 heteroatoms. The Morgan fingerprint density at radius 1 is 0.542 bits per heavy atom. The first-order chi connectivity index (χ1) is 11.9. The first-order valence-corrected chi connectivity index (χ1v) is 9.09. The smallest absolute Gasteiger partial charge is 0.129 e. The fourth-order valence-electron chi connectivity index (χ4n) is 3.99. The maximum Gasteiger partial charge on any atom is 0.129 e. The zero-order chi connectivity index (χ0) is 15.9. The van der Waals surface area contributed by atoms with Crippen molar-refractivity contribution in [1.82, 2.24) is 9.97 Å². The first-order valence-electron chi connectivity index (χ1n) is 9.09. The van der Waals surface area contributed by atoms with Crippen molar-refractivity contribution in [3.05, 3.63) is 36.4 Å². The van der Waals surface area contributed by atoms with Crippen molar-refractivity contribution in [3.63, 3.8) is 0 Å². The van der Waals surface area contributed by atoms with E-state index in [1.165, 1.54) is 36.5 Å². The quantitative estimate of drug-likeness (QED) is 0.669. The van der Waals surface area contributed by atoms with Gasteiger partial charge in [-0.25, -0.2) is 9.97 Å². The second kappa shape index (κ2) is 5.62. The molecule has 0 aliphatic carbocycles. The molecule has 24 heavy (non-hydrogen) atoms. The van der Waals surface area contributed by atoms with Gasteiger partial charge in [0.05, 0.1) is 11.0 Å². The number of fused-ring (bicyclic) bond motifs is 3. The molecule has 122 valence electrons. The molecule has 0 N–H and O–H groups in total. The zero-order valence-corrected chi connectivity index (χ0v) is 13.9. The molecule has 2 saturated heterocycles. The first kappa shape index (κ1) is 14.0. The highest BCUT2D eigenvalue weighted by Crippen LogP contribution is 2.29. The van der Waals surface area contributed by atoms with Gasteiger partial charge in [0.15, 0.2) is 0 Å². The molecule has 2 aromatic heterocycles. The van der Waals surface area contributed by atoms with Gasteiger partial charge in [-0.3, -0.25) is 0 Å². The largest absolute Gasteiger partial charge is 0.357 e. The van der Waals surface area contributed by atoms with Crippen LogP contribution < -0.4 is 9.80 Å². The van der Waals surface area contributed by atoms with Crippen LogP contribution in [0.4, 0.5) is 11.6 Å². The SMILES string of the molecule is c1cc2ccc3ccc(N4CCCC4)nc3c2nc1N1CCCC1. The normalized spacial score (nSPS) is 18.2. The topological polar surface area (TPSA) is 32.3 Å². The lowest BCUT2D eigenvalue weighted by atomic mass is 10.1. The Balaban J connectivity index is 1.67. The minimum Gasteiger partial charge on any atom is -0.357 e. The number of hydrogen-bond donors (Lipinski definition) is 0. The molecular formula is C20H22N4. The molecular weight excluding hydrogens is 296 g/mol. The molecule has 0 bridgehead atoms. The highest BCUT2D eigenvalue weighted by molar-refractivity contribution is 6.03. The predicted octanol–water partition coefficient (Wildman–Crippen LogP) is 3.98. The van der Waals surface area contributed by atoms with Crippen molar-refractivity contribution < 1.29 is 0 Å². The summed E-state index contributed by atoms with van der Waals surface area (Å²) in [6, 6.07) is 13.0. The summed E-state index contributed by atoms with van der Waals surface area (Å²) < 4.78 is 0. The van der Waals surface area contributed by atoms with Crippen LogP contribution in [0.3, 0.4) is 0 Å². The van der Waals surface area contributed by atoms with E-state index in [0.29, 0.717) is 0 Å². The Hall–Kier alpha value is -2.36. The van der Waals surface area contributed by atoms with E-state index in [0.717, 1.165) is 48.8 Å².